The summed E-state index contributed by atoms with van der Waals surface area (Å²) >= 11 is 0. The van der Waals surface area contributed by atoms with Gasteiger partial charge < -0.3 is 20.4 Å². The predicted molar refractivity (Wildman–Crippen MR) is 47.3 cm³/mol. The number of amides is 2. The summed E-state index contributed by atoms with van der Waals surface area (Å²) in [4.78, 5) is 23.2. The van der Waals surface area contributed by atoms with E-state index in [0.29, 0.717) is 0 Å². The van der Waals surface area contributed by atoms with Crippen molar-refractivity contribution in [3.8, 4) is 0 Å². The molecule has 1 aliphatic rings. The number of β-amino-alcohol motifs (C(OH)–C–C–N with tert-alkyl or cyclic N) is 2. The number of hydrogen-bond donors (Lipinski definition) is 3. The van der Waals surface area contributed by atoms with E-state index in [9.17, 15) is 9.59 Å². The first-order chi connectivity index (χ1) is 6.50. The second-order valence-corrected chi connectivity index (χ2v) is 3.34. The Bertz CT molecular complexity index is 233. The number of aliphatic hydroxyl groups is 2. The fourth-order valence-corrected chi connectivity index (χ4v) is 1.29. The fraction of sp³-hybridized carbons (Fsp3) is 0.750. The highest BCUT2D eigenvalue weighted by Crippen LogP contribution is 2.09. The first kappa shape index (κ1) is 10.9. The van der Waals surface area contributed by atoms with E-state index in [1.54, 1.807) is 0 Å². The van der Waals surface area contributed by atoms with Gasteiger partial charge in [0.15, 0.2) is 0 Å². The van der Waals surface area contributed by atoms with E-state index >= 15 is 0 Å². The van der Waals surface area contributed by atoms with Crippen molar-refractivity contribution in [1.82, 2.24) is 10.2 Å². The third-order valence-corrected chi connectivity index (χ3v) is 2.10. The molecule has 3 N–H and O–H groups in total. The average molecular weight is 202 g/mol. The fourth-order valence-electron chi connectivity index (χ4n) is 1.29. The van der Waals surface area contributed by atoms with E-state index in [0.717, 1.165) is 0 Å². The van der Waals surface area contributed by atoms with Crippen molar-refractivity contribution in [2.45, 2.75) is 19.1 Å². The minimum atomic E-state index is -0.878. The molecule has 0 aromatic heterocycles. The second-order valence-electron chi connectivity index (χ2n) is 3.34. The molecule has 0 radical (unpaired) electrons. The van der Waals surface area contributed by atoms with Crippen LogP contribution in [-0.2, 0) is 9.59 Å². The van der Waals surface area contributed by atoms with Gasteiger partial charge >= 0.3 is 0 Å². The zero-order chi connectivity index (χ0) is 10.7. The molecule has 1 fully saturated rings. The van der Waals surface area contributed by atoms with Crippen LogP contribution in [0.25, 0.3) is 0 Å². The van der Waals surface area contributed by atoms with Crippen molar-refractivity contribution >= 4 is 11.8 Å². The molecule has 14 heavy (non-hydrogen) atoms. The van der Waals surface area contributed by atoms with E-state index in [1.807, 2.05) is 0 Å². The van der Waals surface area contributed by atoms with E-state index in [1.165, 1.54) is 11.8 Å². The molecular weight excluding hydrogens is 188 g/mol. The lowest BCUT2D eigenvalue weighted by Gasteiger charge is -2.14. The van der Waals surface area contributed by atoms with Crippen molar-refractivity contribution in [1.29, 1.82) is 0 Å². The Morgan fingerprint density at radius 1 is 1.36 bits per heavy atom. The lowest BCUT2D eigenvalue weighted by Crippen LogP contribution is -2.38. The Balaban J connectivity index is 2.36. The number of rotatable bonds is 2. The average Bonchev–Trinajstić information content (AvgIpc) is 2.43. The largest absolute Gasteiger partial charge is 0.388 e. The molecule has 0 unspecified atom stereocenters. The maximum Gasteiger partial charge on any atom is 0.242 e. The van der Waals surface area contributed by atoms with Gasteiger partial charge in [0.25, 0.3) is 0 Å². The standard InChI is InChI=1S/C8H14N2O4/c1-5(11)9-2-8(14)10-3-6(12)7(13)4-10/h6-7,12-13H,2-4H2,1H3,(H,9,11)/t6-,7+. The molecular formula is C8H14N2O4. The Hall–Kier alpha value is -1.14. The van der Waals surface area contributed by atoms with Crippen molar-refractivity contribution in [3.05, 3.63) is 0 Å². The van der Waals surface area contributed by atoms with Crippen LogP contribution in [0.1, 0.15) is 6.92 Å². The lowest BCUT2D eigenvalue weighted by atomic mass is 10.3. The number of carbonyl (C=O) groups is 2. The third kappa shape index (κ3) is 2.68. The topological polar surface area (TPSA) is 89.9 Å². The first-order valence-corrected chi connectivity index (χ1v) is 4.39. The van der Waals surface area contributed by atoms with E-state index in [-0.39, 0.29) is 31.4 Å². The van der Waals surface area contributed by atoms with Crippen LogP contribution in [0.3, 0.4) is 0 Å². The molecule has 0 spiro atoms. The number of likely N-dealkylation sites (tertiary alicyclic amines) is 1. The van der Waals surface area contributed by atoms with Gasteiger partial charge in [0.2, 0.25) is 11.8 Å². The minimum absolute atomic E-state index is 0.0885. The third-order valence-electron chi connectivity index (χ3n) is 2.10. The summed E-state index contributed by atoms with van der Waals surface area (Å²) in [5.74, 6) is -0.575. The molecule has 1 saturated heterocycles. The van der Waals surface area contributed by atoms with Gasteiger partial charge in [0.05, 0.1) is 18.8 Å². The maximum atomic E-state index is 11.3. The minimum Gasteiger partial charge on any atom is -0.388 e. The molecule has 2 atom stereocenters. The van der Waals surface area contributed by atoms with Crippen molar-refractivity contribution in [3.63, 3.8) is 0 Å². The van der Waals surface area contributed by atoms with Crippen LogP contribution in [0.5, 0.6) is 0 Å². The highest BCUT2D eigenvalue weighted by atomic mass is 16.3. The smallest absolute Gasteiger partial charge is 0.242 e. The Kier molecular flexibility index (Phi) is 3.43. The van der Waals surface area contributed by atoms with Crippen LogP contribution in [0, 0.1) is 0 Å². The number of nitrogens with one attached hydrogen (secondary N) is 1. The van der Waals surface area contributed by atoms with Gasteiger partial charge in [0.1, 0.15) is 0 Å². The Labute approximate surface area is 81.5 Å². The van der Waals surface area contributed by atoms with Crippen molar-refractivity contribution in [2.75, 3.05) is 19.6 Å². The normalized spacial score (nSPS) is 26.4. The summed E-state index contributed by atoms with van der Waals surface area (Å²) in [6.07, 6.45) is -1.76. The number of hydrogen-bond acceptors (Lipinski definition) is 4. The number of aliphatic hydroxyl groups excluding tert-OH is 2. The zero-order valence-corrected chi connectivity index (χ0v) is 7.93. The molecule has 1 heterocycles. The quantitative estimate of drug-likeness (QED) is 0.469. The van der Waals surface area contributed by atoms with Gasteiger partial charge in [0, 0.05) is 20.0 Å². The number of nitrogens with zero attached hydrogens (tertiary/aromatic N) is 1. The Morgan fingerprint density at radius 3 is 2.29 bits per heavy atom. The van der Waals surface area contributed by atoms with Gasteiger partial charge in [-0.25, -0.2) is 0 Å². The van der Waals surface area contributed by atoms with Crippen molar-refractivity contribution < 1.29 is 19.8 Å². The highest BCUT2D eigenvalue weighted by Gasteiger charge is 2.32. The van der Waals surface area contributed by atoms with Gasteiger partial charge in [-0.15, -0.1) is 0 Å². The molecule has 0 bridgehead atoms. The van der Waals surface area contributed by atoms with Crippen LogP contribution < -0.4 is 5.32 Å². The Morgan fingerprint density at radius 2 is 1.86 bits per heavy atom. The zero-order valence-electron chi connectivity index (χ0n) is 7.93. The molecule has 80 valence electrons. The molecule has 0 aliphatic carbocycles. The summed E-state index contributed by atoms with van der Waals surface area (Å²) in [6.45, 7) is 1.48. The van der Waals surface area contributed by atoms with E-state index in [2.05, 4.69) is 5.32 Å². The molecule has 1 rings (SSSR count). The number of carbonyl (C=O) groups excluding carboxylic acids is 2. The molecule has 2 amide bonds. The molecule has 6 nitrogen and oxygen atoms in total. The van der Waals surface area contributed by atoms with Gasteiger partial charge in [-0.1, -0.05) is 0 Å². The molecule has 6 heteroatoms. The summed E-state index contributed by atoms with van der Waals surface area (Å²) < 4.78 is 0. The second kappa shape index (κ2) is 4.39. The van der Waals surface area contributed by atoms with E-state index in [4.69, 9.17) is 10.2 Å². The SMILES string of the molecule is CC(=O)NCC(=O)N1C[C@@H](O)[C@@H](O)C1. The summed E-state index contributed by atoms with van der Waals surface area (Å²) in [7, 11) is 0. The molecule has 0 saturated carbocycles. The lowest BCUT2D eigenvalue weighted by molar-refractivity contribution is -0.132. The molecule has 0 aromatic carbocycles. The van der Waals surface area contributed by atoms with Gasteiger partial charge in [-0.05, 0) is 0 Å². The molecule has 1 aliphatic heterocycles. The van der Waals surface area contributed by atoms with Gasteiger partial charge in [-0.3, -0.25) is 9.59 Å². The summed E-state index contributed by atoms with van der Waals surface area (Å²) in [6, 6.07) is 0. The van der Waals surface area contributed by atoms with Gasteiger partial charge in [-0.2, -0.15) is 0 Å². The molecule has 0 aromatic rings. The predicted octanol–water partition coefficient (Wildman–Crippen LogP) is -2.31. The first-order valence-electron chi connectivity index (χ1n) is 4.39. The summed E-state index contributed by atoms with van der Waals surface area (Å²) in [5, 5.41) is 20.7. The van der Waals surface area contributed by atoms with Crippen LogP contribution in [0.4, 0.5) is 0 Å². The van der Waals surface area contributed by atoms with Crippen molar-refractivity contribution in [2.24, 2.45) is 0 Å². The van der Waals surface area contributed by atoms with Crippen LogP contribution in [0.15, 0.2) is 0 Å². The monoisotopic (exact) mass is 202 g/mol. The van der Waals surface area contributed by atoms with Crippen LogP contribution in [-0.4, -0.2) is 58.8 Å². The highest BCUT2D eigenvalue weighted by molar-refractivity contribution is 5.83. The van der Waals surface area contributed by atoms with Crippen LogP contribution in [0.2, 0.25) is 0 Å². The van der Waals surface area contributed by atoms with E-state index < -0.39 is 12.2 Å². The summed E-state index contributed by atoms with van der Waals surface area (Å²) in [5.41, 5.74) is 0. The van der Waals surface area contributed by atoms with Crippen LogP contribution >= 0.6 is 0 Å². The maximum absolute atomic E-state index is 11.3.